The molecule has 0 bridgehead atoms. The summed E-state index contributed by atoms with van der Waals surface area (Å²) in [6.07, 6.45) is 3.12. The summed E-state index contributed by atoms with van der Waals surface area (Å²) >= 11 is 0. The van der Waals surface area contributed by atoms with Gasteiger partial charge >= 0.3 is 0 Å². The molecule has 5 aromatic rings. The molecule has 0 saturated carbocycles. The van der Waals surface area contributed by atoms with E-state index < -0.39 is 29.9 Å². The SMILES string of the molecule is NC(=O)c1nn(CC(=O)N2CC(F)CC2C(=O)NC2CCc3onc(-c4ccc(F)cc4)c3C2)c2ccc(-c3ccnnc3)cc12. The highest BCUT2D eigenvalue weighted by Gasteiger charge is 2.41. The van der Waals surface area contributed by atoms with Gasteiger partial charge in [0.1, 0.15) is 36.0 Å². The molecule has 12 nitrogen and oxygen atoms in total. The second kappa shape index (κ2) is 11.8. The van der Waals surface area contributed by atoms with E-state index >= 15 is 0 Å². The lowest BCUT2D eigenvalue weighted by atomic mass is 9.90. The number of aryl methyl sites for hydroxylation is 1. The largest absolute Gasteiger partial charge is 0.364 e. The Balaban J connectivity index is 1.08. The molecule has 234 valence electrons. The molecular formula is C32H28F2N8O4. The zero-order valence-electron chi connectivity index (χ0n) is 24.4. The lowest BCUT2D eigenvalue weighted by molar-refractivity contribution is -0.139. The van der Waals surface area contributed by atoms with Gasteiger partial charge in [-0.05, 0) is 60.9 Å². The summed E-state index contributed by atoms with van der Waals surface area (Å²) in [4.78, 5) is 40.6. The van der Waals surface area contributed by atoms with Crippen LogP contribution in [0.15, 0.2) is 65.4 Å². The molecule has 3 amide bonds. The summed E-state index contributed by atoms with van der Waals surface area (Å²) in [5, 5.41) is 19.6. The van der Waals surface area contributed by atoms with Crippen molar-refractivity contribution in [1.29, 1.82) is 0 Å². The Labute approximate surface area is 260 Å². The van der Waals surface area contributed by atoms with Crippen molar-refractivity contribution < 1.29 is 27.7 Å². The summed E-state index contributed by atoms with van der Waals surface area (Å²) < 4.78 is 35.1. The van der Waals surface area contributed by atoms with Gasteiger partial charge in [-0.2, -0.15) is 15.3 Å². The molecule has 3 atom stereocenters. The predicted molar refractivity (Wildman–Crippen MR) is 160 cm³/mol. The van der Waals surface area contributed by atoms with E-state index in [4.69, 9.17) is 10.3 Å². The first-order valence-corrected chi connectivity index (χ1v) is 14.8. The minimum atomic E-state index is -1.38. The average Bonchev–Trinajstić information content (AvgIpc) is 3.77. The van der Waals surface area contributed by atoms with E-state index in [1.54, 1.807) is 48.8 Å². The van der Waals surface area contributed by atoms with Crippen LogP contribution in [0.25, 0.3) is 33.3 Å². The predicted octanol–water partition coefficient (Wildman–Crippen LogP) is 3.00. The number of benzene rings is 2. The third kappa shape index (κ3) is 5.46. The number of alkyl halides is 1. The summed E-state index contributed by atoms with van der Waals surface area (Å²) in [5.74, 6) is -1.41. The number of nitrogens with two attached hydrogens (primary N) is 1. The van der Waals surface area contributed by atoms with E-state index in [0.717, 1.165) is 16.7 Å². The van der Waals surface area contributed by atoms with Crippen molar-refractivity contribution in [3.8, 4) is 22.4 Å². The van der Waals surface area contributed by atoms with E-state index in [2.05, 4.69) is 25.8 Å². The zero-order valence-corrected chi connectivity index (χ0v) is 24.4. The van der Waals surface area contributed by atoms with E-state index in [-0.39, 0.29) is 37.1 Å². The van der Waals surface area contributed by atoms with Crippen molar-refractivity contribution in [2.24, 2.45) is 5.73 Å². The highest BCUT2D eigenvalue weighted by atomic mass is 19.1. The van der Waals surface area contributed by atoms with Crippen LogP contribution in [0.1, 0.15) is 34.7 Å². The first-order valence-electron chi connectivity index (χ1n) is 14.8. The number of aromatic nitrogens is 5. The van der Waals surface area contributed by atoms with Gasteiger partial charge in [-0.1, -0.05) is 11.2 Å². The quantitative estimate of drug-likeness (QED) is 0.279. The Bertz CT molecular complexity index is 1960. The fourth-order valence-corrected chi connectivity index (χ4v) is 6.31. The molecule has 0 spiro atoms. The van der Waals surface area contributed by atoms with Crippen LogP contribution in [0.3, 0.4) is 0 Å². The number of halogens is 2. The van der Waals surface area contributed by atoms with Crippen LogP contribution in [-0.2, 0) is 29.0 Å². The molecule has 7 rings (SSSR count). The van der Waals surface area contributed by atoms with Crippen molar-refractivity contribution in [2.75, 3.05) is 6.54 Å². The topological polar surface area (TPSA) is 162 Å². The number of carbonyl (C=O) groups is 3. The van der Waals surface area contributed by atoms with Gasteiger partial charge in [-0.15, -0.1) is 0 Å². The van der Waals surface area contributed by atoms with E-state index in [0.29, 0.717) is 47.2 Å². The maximum absolute atomic E-state index is 14.7. The first kappa shape index (κ1) is 29.2. The number of hydrogen-bond acceptors (Lipinski definition) is 8. The Morgan fingerprint density at radius 1 is 1.04 bits per heavy atom. The smallest absolute Gasteiger partial charge is 0.269 e. The van der Waals surface area contributed by atoms with Gasteiger partial charge in [0.2, 0.25) is 11.8 Å². The van der Waals surface area contributed by atoms with Crippen molar-refractivity contribution in [1.82, 2.24) is 35.4 Å². The fraction of sp³-hybridized carbons (Fsp3) is 0.281. The number of carbonyl (C=O) groups excluding carboxylic acids is 3. The van der Waals surface area contributed by atoms with Crippen molar-refractivity contribution in [3.05, 3.63) is 83.8 Å². The number of fused-ring (bicyclic) bond motifs is 2. The lowest BCUT2D eigenvalue weighted by Gasteiger charge is -2.28. The number of hydrogen-bond donors (Lipinski definition) is 2. The Morgan fingerprint density at radius 2 is 1.85 bits per heavy atom. The molecule has 1 aliphatic heterocycles. The number of likely N-dealkylation sites (tertiary alicyclic amines) is 1. The third-order valence-corrected chi connectivity index (χ3v) is 8.56. The third-order valence-electron chi connectivity index (χ3n) is 8.56. The number of nitrogens with zero attached hydrogens (tertiary/aromatic N) is 6. The number of amides is 3. The fourth-order valence-electron chi connectivity index (χ4n) is 6.31. The molecule has 2 aliphatic rings. The highest BCUT2D eigenvalue weighted by Crippen LogP contribution is 2.32. The lowest BCUT2D eigenvalue weighted by Crippen LogP contribution is -2.50. The summed E-state index contributed by atoms with van der Waals surface area (Å²) in [7, 11) is 0. The second-order valence-electron chi connectivity index (χ2n) is 11.5. The van der Waals surface area contributed by atoms with Gasteiger partial charge < -0.3 is 20.5 Å². The normalized spacial score (nSPS) is 19.3. The van der Waals surface area contributed by atoms with Crippen LogP contribution in [0.2, 0.25) is 0 Å². The van der Waals surface area contributed by atoms with E-state index in [9.17, 15) is 23.2 Å². The van der Waals surface area contributed by atoms with Crippen LogP contribution in [0.4, 0.5) is 8.78 Å². The molecular weight excluding hydrogens is 598 g/mol. The number of nitrogens with one attached hydrogen (secondary N) is 1. The molecule has 1 saturated heterocycles. The molecule has 1 aliphatic carbocycles. The Morgan fingerprint density at radius 3 is 2.61 bits per heavy atom. The molecule has 46 heavy (non-hydrogen) atoms. The maximum Gasteiger partial charge on any atom is 0.269 e. The van der Waals surface area contributed by atoms with Crippen LogP contribution in [0, 0.1) is 5.82 Å². The molecule has 3 unspecified atom stereocenters. The van der Waals surface area contributed by atoms with Crippen LogP contribution in [0.5, 0.6) is 0 Å². The van der Waals surface area contributed by atoms with Gasteiger partial charge in [0.05, 0.1) is 24.5 Å². The standard InChI is InChI=1S/C32H28F2N8O4/c33-20-4-1-17(2-5-20)29-24-13-22(6-8-27(24)46-40-29)38-32(45)26-12-21(34)15-41(26)28(43)16-42-25-7-3-18(19-9-10-36-37-14-19)11-23(25)30(39-42)31(35)44/h1-5,7,9-11,14,21-22,26H,6,8,12-13,15-16H2,(H2,35,44)(H,38,45). The van der Waals surface area contributed by atoms with Gasteiger partial charge in [-0.3, -0.25) is 19.1 Å². The van der Waals surface area contributed by atoms with Crippen LogP contribution in [-0.4, -0.2) is 72.6 Å². The van der Waals surface area contributed by atoms with Crippen LogP contribution >= 0.6 is 0 Å². The summed E-state index contributed by atoms with van der Waals surface area (Å²) in [6.45, 7) is -0.571. The summed E-state index contributed by atoms with van der Waals surface area (Å²) in [5.41, 5.74) is 9.70. The monoisotopic (exact) mass is 626 g/mol. The Hall–Kier alpha value is -5.53. The number of primary amides is 1. The minimum Gasteiger partial charge on any atom is -0.364 e. The van der Waals surface area contributed by atoms with Crippen LogP contribution < -0.4 is 11.1 Å². The molecule has 1 fully saturated rings. The van der Waals surface area contributed by atoms with Crippen molar-refractivity contribution in [3.63, 3.8) is 0 Å². The first-order chi connectivity index (χ1) is 22.2. The van der Waals surface area contributed by atoms with Gasteiger partial charge in [0.15, 0.2) is 5.69 Å². The average molecular weight is 627 g/mol. The van der Waals surface area contributed by atoms with E-state index in [1.165, 1.54) is 21.7 Å². The molecule has 14 heteroatoms. The molecule has 0 radical (unpaired) electrons. The molecule has 4 heterocycles. The Kier molecular flexibility index (Phi) is 7.47. The number of rotatable bonds is 7. The minimum absolute atomic E-state index is 0.0174. The maximum atomic E-state index is 14.7. The van der Waals surface area contributed by atoms with Gasteiger partial charge in [-0.25, -0.2) is 8.78 Å². The van der Waals surface area contributed by atoms with Gasteiger partial charge in [0, 0.05) is 41.0 Å². The van der Waals surface area contributed by atoms with Crippen molar-refractivity contribution in [2.45, 2.75) is 50.5 Å². The van der Waals surface area contributed by atoms with Crippen molar-refractivity contribution >= 4 is 28.6 Å². The van der Waals surface area contributed by atoms with Gasteiger partial charge in [0.25, 0.3) is 5.91 Å². The van der Waals surface area contributed by atoms with E-state index in [1.807, 2.05) is 0 Å². The molecule has 2 aromatic carbocycles. The highest BCUT2D eigenvalue weighted by molar-refractivity contribution is 6.05. The molecule has 3 N–H and O–H groups in total. The summed E-state index contributed by atoms with van der Waals surface area (Å²) in [6, 6.07) is 11.6. The second-order valence-corrected chi connectivity index (χ2v) is 11.5. The zero-order chi connectivity index (χ0) is 31.9. The molecule has 3 aromatic heterocycles.